The van der Waals surface area contributed by atoms with E-state index in [1.54, 1.807) is 6.92 Å². The van der Waals surface area contributed by atoms with Crippen LogP contribution >= 0.6 is 23.1 Å². The first-order valence-corrected chi connectivity index (χ1v) is 10.0. The van der Waals surface area contributed by atoms with Gasteiger partial charge in [-0.3, -0.25) is 9.59 Å². The van der Waals surface area contributed by atoms with Gasteiger partial charge in [0.05, 0.1) is 11.3 Å². The number of hydrogen-bond donors (Lipinski definition) is 1. The smallest absolute Gasteiger partial charge is 0.224 e. The van der Waals surface area contributed by atoms with Crippen molar-refractivity contribution in [2.45, 2.75) is 57.1 Å². The summed E-state index contributed by atoms with van der Waals surface area (Å²) in [5, 5.41) is 5.72. The summed E-state index contributed by atoms with van der Waals surface area (Å²) in [6.07, 6.45) is 8.33. The molecule has 3 nitrogen and oxygen atoms in total. The van der Waals surface area contributed by atoms with Crippen molar-refractivity contribution in [2.24, 2.45) is 0 Å². The fraction of sp³-hybridized carbons (Fsp3) is 0.647. The average Bonchev–Trinajstić information content (AvgIpc) is 2.96. The van der Waals surface area contributed by atoms with Crippen molar-refractivity contribution in [3.63, 3.8) is 0 Å². The lowest BCUT2D eigenvalue weighted by Crippen LogP contribution is -2.26. The Bertz CT molecular complexity index is 493. The van der Waals surface area contributed by atoms with Gasteiger partial charge in [-0.15, -0.1) is 11.3 Å². The second-order valence-corrected chi connectivity index (χ2v) is 8.21. The molecule has 1 saturated carbocycles. The fourth-order valence-electron chi connectivity index (χ4n) is 2.68. The van der Waals surface area contributed by atoms with Gasteiger partial charge in [0.15, 0.2) is 5.78 Å². The Morgan fingerprint density at radius 1 is 1.32 bits per heavy atom. The van der Waals surface area contributed by atoms with Crippen LogP contribution in [0.4, 0.5) is 0 Å². The van der Waals surface area contributed by atoms with E-state index in [2.05, 4.69) is 17.1 Å². The molecule has 1 fully saturated rings. The summed E-state index contributed by atoms with van der Waals surface area (Å²) in [6, 6.07) is 1.82. The lowest BCUT2D eigenvalue weighted by atomic mass is 10.0. The summed E-state index contributed by atoms with van der Waals surface area (Å²) in [5.41, 5.74) is 0.935. The van der Waals surface area contributed by atoms with Crippen molar-refractivity contribution in [1.82, 2.24) is 5.32 Å². The van der Waals surface area contributed by atoms with E-state index < -0.39 is 0 Å². The molecule has 0 aliphatic heterocycles. The van der Waals surface area contributed by atoms with Crippen LogP contribution in [0.5, 0.6) is 0 Å². The van der Waals surface area contributed by atoms with Gasteiger partial charge in [0, 0.05) is 11.8 Å². The monoisotopic (exact) mass is 339 g/mol. The zero-order chi connectivity index (χ0) is 15.8. The van der Waals surface area contributed by atoms with Gasteiger partial charge in [0.25, 0.3) is 0 Å². The molecule has 1 aromatic rings. The molecule has 1 N–H and O–H groups in total. The van der Waals surface area contributed by atoms with E-state index in [1.165, 1.54) is 43.4 Å². The lowest BCUT2D eigenvalue weighted by molar-refractivity contribution is -0.120. The molecule has 5 heteroatoms. The summed E-state index contributed by atoms with van der Waals surface area (Å²) in [5.74, 6) is 1.25. The van der Waals surface area contributed by atoms with Crippen LogP contribution in [-0.2, 0) is 11.2 Å². The molecule has 0 spiro atoms. The van der Waals surface area contributed by atoms with E-state index in [-0.39, 0.29) is 11.7 Å². The van der Waals surface area contributed by atoms with Crippen LogP contribution in [-0.4, -0.2) is 29.2 Å². The van der Waals surface area contributed by atoms with Crippen LogP contribution in [0.3, 0.4) is 0 Å². The van der Waals surface area contributed by atoms with E-state index in [0.717, 1.165) is 34.4 Å². The molecule has 0 bridgehead atoms. The van der Waals surface area contributed by atoms with Crippen LogP contribution in [0.2, 0.25) is 0 Å². The quantitative estimate of drug-likeness (QED) is 0.574. The molecule has 1 aromatic heterocycles. The highest BCUT2D eigenvalue weighted by Gasteiger charge is 2.13. The maximum absolute atomic E-state index is 11.9. The first-order chi connectivity index (χ1) is 10.6. The number of amides is 1. The number of thiophene rings is 1. The normalized spacial score (nSPS) is 15.7. The molecule has 0 atom stereocenters. The number of carbonyl (C=O) groups is 2. The molecule has 1 aliphatic rings. The molecule has 0 unspecified atom stereocenters. The van der Waals surface area contributed by atoms with Crippen LogP contribution in [0.25, 0.3) is 0 Å². The van der Waals surface area contributed by atoms with Gasteiger partial charge in [-0.05, 0) is 48.9 Å². The van der Waals surface area contributed by atoms with E-state index in [0.29, 0.717) is 6.42 Å². The van der Waals surface area contributed by atoms with Crippen molar-refractivity contribution in [2.75, 3.05) is 12.3 Å². The van der Waals surface area contributed by atoms with E-state index in [1.807, 2.05) is 11.4 Å². The molecule has 0 saturated heterocycles. The van der Waals surface area contributed by atoms with Crippen molar-refractivity contribution < 1.29 is 9.59 Å². The number of Topliss-reactive ketones (excluding diaryl/α,β-unsaturated/α-hetero) is 1. The van der Waals surface area contributed by atoms with Gasteiger partial charge in [0.2, 0.25) is 5.91 Å². The highest BCUT2D eigenvalue weighted by molar-refractivity contribution is 7.99. The average molecular weight is 340 g/mol. The molecule has 122 valence electrons. The number of thioether (sulfide) groups is 1. The highest BCUT2D eigenvalue weighted by Crippen LogP contribution is 2.28. The molecule has 1 heterocycles. The molecule has 0 radical (unpaired) electrons. The van der Waals surface area contributed by atoms with Crippen LogP contribution in [0, 0.1) is 0 Å². The fourth-order valence-corrected chi connectivity index (χ4v) is 4.81. The van der Waals surface area contributed by atoms with Gasteiger partial charge in [-0.25, -0.2) is 0 Å². The Morgan fingerprint density at radius 2 is 2.09 bits per heavy atom. The van der Waals surface area contributed by atoms with E-state index >= 15 is 0 Å². The van der Waals surface area contributed by atoms with Crippen molar-refractivity contribution in [3.8, 4) is 0 Å². The third-order valence-electron chi connectivity index (χ3n) is 3.91. The Balaban J connectivity index is 1.56. The van der Waals surface area contributed by atoms with Crippen LogP contribution in [0.15, 0.2) is 11.4 Å². The molecule has 2 rings (SSSR count). The molecule has 1 amide bonds. The van der Waals surface area contributed by atoms with Crippen molar-refractivity contribution >= 4 is 34.8 Å². The number of nitrogens with one attached hydrogen (secondary N) is 1. The first-order valence-electron chi connectivity index (χ1n) is 8.12. The van der Waals surface area contributed by atoms with Gasteiger partial charge >= 0.3 is 0 Å². The lowest BCUT2D eigenvalue weighted by Gasteiger charge is -2.20. The molecule has 0 aromatic carbocycles. The summed E-state index contributed by atoms with van der Waals surface area (Å²) < 4.78 is 0. The predicted octanol–water partition coefficient (Wildman–Crippen LogP) is 4.07. The Kier molecular flexibility index (Phi) is 7.46. The minimum Gasteiger partial charge on any atom is -0.356 e. The van der Waals surface area contributed by atoms with Crippen LogP contribution < -0.4 is 5.32 Å². The number of carbonyl (C=O) groups excluding carboxylic acids is 2. The van der Waals surface area contributed by atoms with Gasteiger partial charge in [0.1, 0.15) is 0 Å². The zero-order valence-electron chi connectivity index (χ0n) is 13.2. The summed E-state index contributed by atoms with van der Waals surface area (Å²) >= 11 is 3.49. The minimum absolute atomic E-state index is 0.0515. The minimum atomic E-state index is 0.0515. The van der Waals surface area contributed by atoms with Crippen molar-refractivity contribution in [3.05, 3.63) is 21.9 Å². The topological polar surface area (TPSA) is 46.2 Å². The Morgan fingerprint density at radius 3 is 2.77 bits per heavy atom. The number of rotatable bonds is 8. The number of ketones is 1. The molecular formula is C17H25NO2S2. The van der Waals surface area contributed by atoms with Crippen LogP contribution in [0.1, 0.15) is 60.7 Å². The standard InChI is InChI=1S/C17H25NO2S2/c1-13(19)16-10-14(12-22-16)11-17(20)18-8-5-9-21-15-6-3-2-4-7-15/h10,12,15H,2-9,11H2,1H3,(H,18,20). The molecule has 22 heavy (non-hydrogen) atoms. The third kappa shape index (κ3) is 6.13. The maximum atomic E-state index is 11.9. The number of hydrogen-bond acceptors (Lipinski definition) is 4. The predicted molar refractivity (Wildman–Crippen MR) is 95.0 cm³/mol. The van der Waals surface area contributed by atoms with Gasteiger partial charge < -0.3 is 5.32 Å². The van der Waals surface area contributed by atoms with Gasteiger partial charge in [-0.2, -0.15) is 11.8 Å². The third-order valence-corrected chi connectivity index (χ3v) is 6.46. The Labute approximate surface area is 141 Å². The summed E-state index contributed by atoms with van der Waals surface area (Å²) in [4.78, 5) is 23.8. The Hall–Kier alpha value is -0.810. The second-order valence-electron chi connectivity index (χ2n) is 5.89. The zero-order valence-corrected chi connectivity index (χ0v) is 14.9. The van der Waals surface area contributed by atoms with E-state index in [9.17, 15) is 9.59 Å². The molecule has 1 aliphatic carbocycles. The maximum Gasteiger partial charge on any atom is 0.224 e. The summed E-state index contributed by atoms with van der Waals surface area (Å²) in [7, 11) is 0. The largest absolute Gasteiger partial charge is 0.356 e. The second kappa shape index (κ2) is 9.36. The summed E-state index contributed by atoms with van der Waals surface area (Å²) in [6.45, 7) is 2.31. The highest BCUT2D eigenvalue weighted by atomic mass is 32.2. The van der Waals surface area contributed by atoms with Crippen molar-refractivity contribution in [1.29, 1.82) is 0 Å². The van der Waals surface area contributed by atoms with Gasteiger partial charge in [-0.1, -0.05) is 19.3 Å². The first kappa shape index (κ1) is 17.5. The molecular weight excluding hydrogens is 314 g/mol. The van der Waals surface area contributed by atoms with E-state index in [4.69, 9.17) is 0 Å². The SMILES string of the molecule is CC(=O)c1cc(CC(=O)NCCCSC2CCCCC2)cs1.